The molecule has 1 aromatic rings. The lowest BCUT2D eigenvalue weighted by molar-refractivity contribution is 0.169. The molecule has 0 N–H and O–H groups in total. The van der Waals surface area contributed by atoms with Crippen LogP contribution in [0.25, 0.3) is 0 Å². The Morgan fingerprint density at radius 3 is 2.88 bits per heavy atom. The zero-order valence-electron chi connectivity index (χ0n) is 10.1. The van der Waals surface area contributed by atoms with Crippen LogP contribution in [0.1, 0.15) is 31.9 Å². The molecule has 1 saturated carbocycles. The molecule has 3 nitrogen and oxygen atoms in total. The fourth-order valence-electron chi connectivity index (χ4n) is 2.12. The van der Waals surface area contributed by atoms with Gasteiger partial charge < -0.3 is 9.30 Å². The normalized spacial score (nSPS) is 23.8. The number of hydrogen-bond donors (Lipinski definition) is 0. The molecule has 1 aromatic heterocycles. The Morgan fingerprint density at radius 1 is 1.56 bits per heavy atom. The molecule has 0 aromatic carbocycles. The molecule has 0 saturated heterocycles. The molecule has 0 spiro atoms. The quantitative estimate of drug-likeness (QED) is 0.778. The van der Waals surface area contributed by atoms with Gasteiger partial charge in [0.1, 0.15) is 0 Å². The zero-order valence-corrected chi connectivity index (χ0v) is 10.1. The average molecular weight is 221 g/mol. The van der Waals surface area contributed by atoms with Crippen LogP contribution >= 0.6 is 0 Å². The van der Waals surface area contributed by atoms with E-state index in [0.717, 1.165) is 18.4 Å². The van der Waals surface area contributed by atoms with E-state index in [9.17, 15) is 4.79 Å². The van der Waals surface area contributed by atoms with Gasteiger partial charge in [-0.1, -0.05) is 19.9 Å². The fraction of sp³-hybridized carbons (Fsp3) is 0.615. The smallest absolute Gasteiger partial charge is 0.254 e. The second kappa shape index (κ2) is 4.42. The minimum Gasteiger partial charge on any atom is -0.379 e. The highest BCUT2D eigenvalue weighted by molar-refractivity contribution is 5.13. The van der Waals surface area contributed by atoms with E-state index >= 15 is 0 Å². The summed E-state index contributed by atoms with van der Waals surface area (Å²) < 4.78 is 7.07. The van der Waals surface area contributed by atoms with E-state index < -0.39 is 0 Å². The summed E-state index contributed by atoms with van der Waals surface area (Å²) in [5, 5.41) is 0. The molecule has 88 valence electrons. The van der Waals surface area contributed by atoms with Crippen molar-refractivity contribution in [1.82, 2.24) is 4.57 Å². The molecule has 1 aliphatic carbocycles. The van der Waals surface area contributed by atoms with Gasteiger partial charge in [-0.25, -0.2) is 0 Å². The lowest BCUT2D eigenvalue weighted by Crippen LogP contribution is -2.24. The summed E-state index contributed by atoms with van der Waals surface area (Å²) in [7, 11) is 1.70. The summed E-state index contributed by atoms with van der Waals surface area (Å²) in [6, 6.07) is 4.15. The molecular weight excluding hydrogens is 202 g/mol. The van der Waals surface area contributed by atoms with Crippen LogP contribution in [-0.2, 0) is 11.2 Å². The summed E-state index contributed by atoms with van der Waals surface area (Å²) in [5.41, 5.74) is 1.07. The highest BCUT2D eigenvalue weighted by Crippen LogP contribution is 2.37. The fourth-order valence-corrected chi connectivity index (χ4v) is 2.12. The van der Waals surface area contributed by atoms with Crippen molar-refractivity contribution in [2.24, 2.45) is 5.92 Å². The highest BCUT2D eigenvalue weighted by atomic mass is 16.5. The number of aromatic nitrogens is 1. The summed E-state index contributed by atoms with van der Waals surface area (Å²) in [6.45, 7) is 4.26. The third kappa shape index (κ3) is 2.19. The molecule has 1 fully saturated rings. The van der Waals surface area contributed by atoms with Crippen molar-refractivity contribution in [2.45, 2.75) is 38.8 Å². The first-order chi connectivity index (χ1) is 7.63. The Kier molecular flexibility index (Phi) is 3.15. The minimum absolute atomic E-state index is 0.153. The van der Waals surface area contributed by atoms with Gasteiger partial charge in [-0.3, -0.25) is 4.79 Å². The van der Waals surface area contributed by atoms with Gasteiger partial charge in [-0.15, -0.1) is 0 Å². The van der Waals surface area contributed by atoms with Crippen molar-refractivity contribution >= 4 is 0 Å². The van der Waals surface area contributed by atoms with Gasteiger partial charge in [0.15, 0.2) is 0 Å². The standard InChI is InChI=1S/C13H19NO2/c1-9(2)7-10-5-4-6-14(13(10)15)11-8-12(11)16-3/h4-6,9,11-12H,7-8H2,1-3H3/t11-,12-/m0/s1. The number of pyridine rings is 1. The first-order valence-corrected chi connectivity index (χ1v) is 5.86. The van der Waals surface area contributed by atoms with E-state index in [1.807, 2.05) is 22.9 Å². The monoisotopic (exact) mass is 221 g/mol. The van der Waals surface area contributed by atoms with Crippen LogP contribution in [0.3, 0.4) is 0 Å². The van der Waals surface area contributed by atoms with Crippen molar-refractivity contribution in [3.63, 3.8) is 0 Å². The Labute approximate surface area is 96.0 Å². The number of ether oxygens (including phenoxy) is 1. The van der Waals surface area contributed by atoms with Crippen molar-refractivity contribution in [3.8, 4) is 0 Å². The van der Waals surface area contributed by atoms with Gasteiger partial charge in [0.2, 0.25) is 0 Å². The molecule has 0 radical (unpaired) electrons. The molecule has 2 atom stereocenters. The van der Waals surface area contributed by atoms with Crippen molar-refractivity contribution in [1.29, 1.82) is 0 Å². The lowest BCUT2D eigenvalue weighted by atomic mass is 10.0. The van der Waals surface area contributed by atoms with Crippen LogP contribution in [0.5, 0.6) is 0 Å². The van der Waals surface area contributed by atoms with E-state index in [-0.39, 0.29) is 17.7 Å². The molecule has 1 aliphatic rings. The molecule has 0 aliphatic heterocycles. The van der Waals surface area contributed by atoms with Gasteiger partial charge in [-0.2, -0.15) is 0 Å². The second-order valence-electron chi connectivity index (χ2n) is 4.92. The van der Waals surface area contributed by atoms with E-state index in [0.29, 0.717) is 5.92 Å². The van der Waals surface area contributed by atoms with E-state index in [1.165, 1.54) is 0 Å². The largest absolute Gasteiger partial charge is 0.379 e. The van der Waals surface area contributed by atoms with Crippen LogP contribution < -0.4 is 5.56 Å². The van der Waals surface area contributed by atoms with Crippen molar-refractivity contribution in [2.75, 3.05) is 7.11 Å². The predicted molar refractivity (Wildman–Crippen MR) is 63.7 cm³/mol. The zero-order chi connectivity index (χ0) is 11.7. The Balaban J connectivity index is 2.24. The van der Waals surface area contributed by atoms with E-state index in [2.05, 4.69) is 13.8 Å². The molecule has 0 amide bonds. The van der Waals surface area contributed by atoms with Crippen LogP contribution in [0.2, 0.25) is 0 Å². The number of rotatable bonds is 4. The molecule has 3 heteroatoms. The SMILES string of the molecule is CO[C@H]1C[C@@H]1n1cccc(CC(C)C)c1=O. The number of methoxy groups -OCH3 is 1. The Bertz CT molecular complexity index is 422. The second-order valence-corrected chi connectivity index (χ2v) is 4.92. The molecular formula is C13H19NO2. The Hall–Kier alpha value is -1.09. The molecule has 0 bridgehead atoms. The maximum atomic E-state index is 12.2. The molecule has 1 heterocycles. The molecule has 0 unspecified atom stereocenters. The summed E-state index contributed by atoms with van der Waals surface area (Å²) >= 11 is 0. The first kappa shape index (κ1) is 11.4. The maximum absolute atomic E-state index is 12.2. The third-order valence-electron chi connectivity index (χ3n) is 3.04. The number of nitrogens with zero attached hydrogens (tertiary/aromatic N) is 1. The van der Waals surface area contributed by atoms with Crippen molar-refractivity contribution < 1.29 is 4.74 Å². The van der Waals surface area contributed by atoms with E-state index in [4.69, 9.17) is 4.74 Å². The van der Waals surface area contributed by atoms with E-state index in [1.54, 1.807) is 7.11 Å². The molecule has 16 heavy (non-hydrogen) atoms. The van der Waals surface area contributed by atoms with Gasteiger partial charge >= 0.3 is 0 Å². The predicted octanol–water partition coefficient (Wildman–Crippen LogP) is 2.01. The van der Waals surface area contributed by atoms with Gasteiger partial charge in [0.25, 0.3) is 5.56 Å². The topological polar surface area (TPSA) is 31.2 Å². The van der Waals surface area contributed by atoms with Crippen LogP contribution in [-0.4, -0.2) is 17.8 Å². The van der Waals surface area contributed by atoms with Gasteiger partial charge in [0.05, 0.1) is 12.1 Å². The Morgan fingerprint density at radius 2 is 2.31 bits per heavy atom. The van der Waals surface area contributed by atoms with Crippen molar-refractivity contribution in [3.05, 3.63) is 34.2 Å². The van der Waals surface area contributed by atoms with Gasteiger partial charge in [0, 0.05) is 18.9 Å². The summed E-state index contributed by atoms with van der Waals surface area (Å²) in [6.07, 6.45) is 3.91. The summed E-state index contributed by atoms with van der Waals surface area (Å²) in [5.74, 6) is 0.515. The maximum Gasteiger partial charge on any atom is 0.254 e. The first-order valence-electron chi connectivity index (χ1n) is 5.86. The average Bonchev–Trinajstić information content (AvgIpc) is 2.99. The van der Waals surface area contributed by atoms with Crippen LogP contribution in [0.4, 0.5) is 0 Å². The van der Waals surface area contributed by atoms with Crippen LogP contribution in [0.15, 0.2) is 23.1 Å². The van der Waals surface area contributed by atoms with Gasteiger partial charge in [-0.05, 0) is 24.8 Å². The third-order valence-corrected chi connectivity index (χ3v) is 3.04. The summed E-state index contributed by atoms with van der Waals surface area (Å²) in [4.78, 5) is 12.2. The van der Waals surface area contributed by atoms with Crippen LogP contribution in [0, 0.1) is 5.92 Å². The lowest BCUT2D eigenvalue weighted by Gasteiger charge is -2.08. The molecule has 2 rings (SSSR count). The highest BCUT2D eigenvalue weighted by Gasteiger charge is 2.39. The minimum atomic E-state index is 0.153. The number of hydrogen-bond acceptors (Lipinski definition) is 2.